The molecule has 13 heavy (non-hydrogen) atoms. The van der Waals surface area contributed by atoms with Crippen molar-refractivity contribution in [3.05, 3.63) is 0 Å². The number of hydrogen-bond donors (Lipinski definition) is 0. The van der Waals surface area contributed by atoms with Gasteiger partial charge in [0.1, 0.15) is 0 Å². The second-order valence-electron chi connectivity index (χ2n) is 4.55. The molecule has 0 atom stereocenters. The predicted octanol–water partition coefficient (Wildman–Crippen LogP) is 3.07. The summed E-state index contributed by atoms with van der Waals surface area (Å²) in [6.45, 7) is 4.10. The van der Waals surface area contributed by atoms with E-state index in [0.29, 0.717) is 5.92 Å². The standard InChI is InChI=1S/C11H19NO/c1-11(2,12-9-13)10-7-5-3-4-6-8-10/h10H,3-8H2,1-2H3. The first-order chi connectivity index (χ1) is 6.17. The van der Waals surface area contributed by atoms with Crippen LogP contribution in [0.1, 0.15) is 52.4 Å². The Labute approximate surface area is 80.4 Å². The normalized spacial score (nSPS) is 20.5. The van der Waals surface area contributed by atoms with Crippen LogP contribution >= 0.6 is 0 Å². The van der Waals surface area contributed by atoms with Crippen molar-refractivity contribution in [3.8, 4) is 0 Å². The first-order valence-electron chi connectivity index (χ1n) is 5.26. The Morgan fingerprint density at radius 3 is 2.15 bits per heavy atom. The minimum atomic E-state index is -0.188. The summed E-state index contributed by atoms with van der Waals surface area (Å²) in [7, 11) is 0. The van der Waals surface area contributed by atoms with Gasteiger partial charge < -0.3 is 0 Å². The summed E-state index contributed by atoms with van der Waals surface area (Å²) in [6, 6.07) is 0. The molecule has 0 N–H and O–H groups in total. The monoisotopic (exact) mass is 181 g/mol. The van der Waals surface area contributed by atoms with Crippen LogP contribution in [0, 0.1) is 5.92 Å². The van der Waals surface area contributed by atoms with Crippen LogP contribution in [0.5, 0.6) is 0 Å². The van der Waals surface area contributed by atoms with Crippen LogP contribution in [0.4, 0.5) is 0 Å². The molecule has 0 aromatic carbocycles. The fourth-order valence-electron chi connectivity index (χ4n) is 2.19. The van der Waals surface area contributed by atoms with Crippen molar-refractivity contribution >= 4 is 6.08 Å². The molecule has 1 fully saturated rings. The molecule has 0 unspecified atom stereocenters. The van der Waals surface area contributed by atoms with E-state index in [1.54, 1.807) is 6.08 Å². The second kappa shape index (κ2) is 4.57. The molecule has 1 saturated carbocycles. The third-order valence-corrected chi connectivity index (χ3v) is 3.19. The van der Waals surface area contributed by atoms with Gasteiger partial charge in [-0.15, -0.1) is 0 Å². The molecule has 1 aliphatic carbocycles. The Balaban J connectivity index is 2.61. The molecule has 0 aromatic rings. The van der Waals surface area contributed by atoms with Gasteiger partial charge in [-0.2, -0.15) is 4.99 Å². The van der Waals surface area contributed by atoms with Crippen LogP contribution < -0.4 is 0 Å². The maximum atomic E-state index is 10.3. The highest BCUT2D eigenvalue weighted by Gasteiger charge is 2.29. The van der Waals surface area contributed by atoms with Gasteiger partial charge in [0.2, 0.25) is 6.08 Å². The van der Waals surface area contributed by atoms with E-state index in [4.69, 9.17) is 0 Å². The predicted molar refractivity (Wildman–Crippen MR) is 53.4 cm³/mol. The molecular formula is C11H19NO. The Hall–Kier alpha value is -0.620. The molecular weight excluding hydrogens is 162 g/mol. The number of hydrogen-bond acceptors (Lipinski definition) is 2. The quantitative estimate of drug-likeness (QED) is 0.365. The minimum absolute atomic E-state index is 0.188. The van der Waals surface area contributed by atoms with Crippen molar-refractivity contribution in [2.24, 2.45) is 10.9 Å². The molecule has 0 heterocycles. The van der Waals surface area contributed by atoms with Gasteiger partial charge in [-0.25, -0.2) is 4.79 Å². The van der Waals surface area contributed by atoms with Crippen LogP contribution in [-0.4, -0.2) is 11.6 Å². The molecule has 0 aliphatic heterocycles. The lowest BCUT2D eigenvalue weighted by atomic mass is 9.82. The van der Waals surface area contributed by atoms with Gasteiger partial charge >= 0.3 is 0 Å². The number of carbonyl (C=O) groups excluding carboxylic acids is 1. The third kappa shape index (κ3) is 2.96. The zero-order valence-corrected chi connectivity index (χ0v) is 8.68. The lowest BCUT2D eigenvalue weighted by Gasteiger charge is -2.28. The minimum Gasteiger partial charge on any atom is -0.211 e. The summed E-state index contributed by atoms with van der Waals surface area (Å²) in [5.41, 5.74) is -0.188. The van der Waals surface area contributed by atoms with Gasteiger partial charge in [0.05, 0.1) is 5.54 Å². The lowest BCUT2D eigenvalue weighted by molar-refractivity contribution is 0.289. The molecule has 0 bridgehead atoms. The zero-order valence-electron chi connectivity index (χ0n) is 8.68. The summed E-state index contributed by atoms with van der Waals surface area (Å²) < 4.78 is 0. The largest absolute Gasteiger partial charge is 0.235 e. The van der Waals surface area contributed by atoms with Crippen molar-refractivity contribution in [2.75, 3.05) is 0 Å². The van der Waals surface area contributed by atoms with Crippen molar-refractivity contribution in [1.29, 1.82) is 0 Å². The van der Waals surface area contributed by atoms with E-state index in [1.807, 2.05) is 13.8 Å². The summed E-state index contributed by atoms with van der Waals surface area (Å²) in [5, 5.41) is 0. The molecule has 2 nitrogen and oxygen atoms in total. The summed E-state index contributed by atoms with van der Waals surface area (Å²) in [6.07, 6.45) is 9.42. The lowest BCUT2D eigenvalue weighted by Crippen LogP contribution is -2.28. The molecule has 1 aliphatic rings. The Bertz CT molecular complexity index is 196. The van der Waals surface area contributed by atoms with E-state index < -0.39 is 0 Å². The Morgan fingerprint density at radius 2 is 1.69 bits per heavy atom. The van der Waals surface area contributed by atoms with E-state index >= 15 is 0 Å². The summed E-state index contributed by atoms with van der Waals surface area (Å²) in [5.74, 6) is 0.580. The van der Waals surface area contributed by atoms with Gasteiger partial charge in [0, 0.05) is 0 Å². The maximum absolute atomic E-state index is 10.3. The molecule has 74 valence electrons. The van der Waals surface area contributed by atoms with Crippen LogP contribution in [-0.2, 0) is 4.79 Å². The summed E-state index contributed by atoms with van der Waals surface area (Å²) >= 11 is 0. The van der Waals surface area contributed by atoms with Crippen LogP contribution in [0.2, 0.25) is 0 Å². The number of rotatable bonds is 2. The van der Waals surface area contributed by atoms with Crippen molar-refractivity contribution in [1.82, 2.24) is 0 Å². The van der Waals surface area contributed by atoms with Crippen LogP contribution in [0.25, 0.3) is 0 Å². The van der Waals surface area contributed by atoms with E-state index in [2.05, 4.69) is 4.99 Å². The highest BCUT2D eigenvalue weighted by Crippen LogP contribution is 2.33. The van der Waals surface area contributed by atoms with Crippen molar-refractivity contribution in [3.63, 3.8) is 0 Å². The third-order valence-electron chi connectivity index (χ3n) is 3.19. The Kier molecular flexibility index (Phi) is 3.68. The highest BCUT2D eigenvalue weighted by molar-refractivity contribution is 5.34. The molecule has 1 rings (SSSR count). The maximum Gasteiger partial charge on any atom is 0.235 e. The topological polar surface area (TPSA) is 29.4 Å². The van der Waals surface area contributed by atoms with Gasteiger partial charge in [-0.3, -0.25) is 0 Å². The molecule has 2 heteroatoms. The van der Waals surface area contributed by atoms with E-state index in [1.165, 1.54) is 38.5 Å². The highest BCUT2D eigenvalue weighted by atomic mass is 16.1. The first-order valence-corrected chi connectivity index (χ1v) is 5.26. The summed E-state index contributed by atoms with van der Waals surface area (Å²) in [4.78, 5) is 14.2. The smallest absolute Gasteiger partial charge is 0.211 e. The number of isocyanates is 1. The first kappa shape index (κ1) is 10.5. The molecule has 0 aromatic heterocycles. The van der Waals surface area contributed by atoms with Crippen LogP contribution in [0.3, 0.4) is 0 Å². The van der Waals surface area contributed by atoms with Crippen molar-refractivity contribution in [2.45, 2.75) is 57.9 Å². The fraction of sp³-hybridized carbons (Fsp3) is 0.909. The zero-order chi connectivity index (χ0) is 9.73. The van der Waals surface area contributed by atoms with Crippen molar-refractivity contribution < 1.29 is 4.79 Å². The second-order valence-corrected chi connectivity index (χ2v) is 4.55. The van der Waals surface area contributed by atoms with Gasteiger partial charge in [0.25, 0.3) is 0 Å². The van der Waals surface area contributed by atoms with Crippen LogP contribution in [0.15, 0.2) is 4.99 Å². The van der Waals surface area contributed by atoms with Gasteiger partial charge in [0.15, 0.2) is 0 Å². The fourth-order valence-corrected chi connectivity index (χ4v) is 2.19. The number of nitrogens with zero attached hydrogens (tertiary/aromatic N) is 1. The van der Waals surface area contributed by atoms with Gasteiger partial charge in [-0.1, -0.05) is 25.7 Å². The average Bonchev–Trinajstić information content (AvgIpc) is 2.31. The van der Waals surface area contributed by atoms with Gasteiger partial charge in [-0.05, 0) is 32.6 Å². The SMILES string of the molecule is CC(C)(N=C=O)C1CCCCCC1. The Morgan fingerprint density at radius 1 is 1.15 bits per heavy atom. The van der Waals surface area contributed by atoms with E-state index in [-0.39, 0.29) is 5.54 Å². The number of aliphatic imine (C=N–C) groups is 1. The molecule has 0 amide bonds. The van der Waals surface area contributed by atoms with E-state index in [9.17, 15) is 4.79 Å². The molecule has 0 saturated heterocycles. The molecule has 0 spiro atoms. The average molecular weight is 181 g/mol. The molecule has 0 radical (unpaired) electrons. The van der Waals surface area contributed by atoms with E-state index in [0.717, 1.165) is 0 Å².